The summed E-state index contributed by atoms with van der Waals surface area (Å²) in [5.41, 5.74) is 4.98. The number of nitrogens with zero attached hydrogens (tertiary/aromatic N) is 2. The number of aromatic amines is 1. The zero-order valence-corrected chi connectivity index (χ0v) is 12.5. The number of hydrogen-bond acceptors (Lipinski definition) is 5. The summed E-state index contributed by atoms with van der Waals surface area (Å²) in [4.78, 5) is 33.9. The third-order valence-corrected chi connectivity index (χ3v) is 2.87. The van der Waals surface area contributed by atoms with E-state index in [1.807, 2.05) is 0 Å². The molecule has 0 radical (unpaired) electrons. The standard InChI is InChI=1S/C12H13BrN6O2/c13-8-6-9(17-7-8)11(21)19-18-10(20)2-5-16-12-14-3-1-4-15-12/h1,3-4,6-7,17H,2,5H2,(H,18,20)(H,19,21)(H,14,15,16). The number of hydrogen-bond donors (Lipinski definition) is 4. The molecule has 2 heterocycles. The molecule has 0 spiro atoms. The Bertz CT molecular complexity index is 615. The van der Waals surface area contributed by atoms with Gasteiger partial charge in [-0.3, -0.25) is 20.4 Å². The molecule has 2 rings (SSSR count). The molecular weight excluding hydrogens is 340 g/mol. The van der Waals surface area contributed by atoms with E-state index in [9.17, 15) is 9.59 Å². The van der Waals surface area contributed by atoms with Gasteiger partial charge < -0.3 is 10.3 Å². The highest BCUT2D eigenvalue weighted by atomic mass is 79.9. The van der Waals surface area contributed by atoms with Crippen LogP contribution in [0.1, 0.15) is 16.9 Å². The van der Waals surface area contributed by atoms with Crippen LogP contribution in [-0.2, 0) is 4.79 Å². The molecule has 110 valence electrons. The van der Waals surface area contributed by atoms with Gasteiger partial charge in [0.25, 0.3) is 5.91 Å². The summed E-state index contributed by atoms with van der Waals surface area (Å²) in [5, 5.41) is 2.89. The van der Waals surface area contributed by atoms with Gasteiger partial charge in [0.05, 0.1) is 0 Å². The molecule has 0 aliphatic heterocycles. The quantitative estimate of drug-likeness (QED) is 0.595. The lowest BCUT2D eigenvalue weighted by Gasteiger charge is -2.07. The predicted molar refractivity (Wildman–Crippen MR) is 79.2 cm³/mol. The molecule has 0 atom stereocenters. The number of carbonyl (C=O) groups is 2. The average molecular weight is 353 g/mol. The topological polar surface area (TPSA) is 112 Å². The smallest absolute Gasteiger partial charge is 0.286 e. The summed E-state index contributed by atoms with van der Waals surface area (Å²) in [6, 6.07) is 3.31. The van der Waals surface area contributed by atoms with Crippen LogP contribution in [0.2, 0.25) is 0 Å². The normalized spacial score (nSPS) is 9.95. The second-order valence-corrected chi connectivity index (χ2v) is 4.90. The molecule has 8 nitrogen and oxygen atoms in total. The minimum Gasteiger partial charge on any atom is -0.356 e. The monoisotopic (exact) mass is 352 g/mol. The van der Waals surface area contributed by atoms with E-state index in [0.717, 1.165) is 4.47 Å². The molecule has 2 aromatic heterocycles. The van der Waals surface area contributed by atoms with Crippen LogP contribution in [0.4, 0.5) is 5.95 Å². The number of aromatic nitrogens is 3. The van der Waals surface area contributed by atoms with E-state index in [4.69, 9.17) is 0 Å². The number of carbonyl (C=O) groups excluding carboxylic acids is 2. The van der Waals surface area contributed by atoms with Gasteiger partial charge in [0, 0.05) is 36.0 Å². The highest BCUT2D eigenvalue weighted by Crippen LogP contribution is 2.09. The van der Waals surface area contributed by atoms with E-state index in [1.165, 1.54) is 0 Å². The van der Waals surface area contributed by atoms with Gasteiger partial charge in [0.2, 0.25) is 11.9 Å². The molecular formula is C12H13BrN6O2. The Kier molecular flexibility index (Phi) is 5.27. The Hall–Kier alpha value is -2.42. The second kappa shape index (κ2) is 7.39. The lowest BCUT2D eigenvalue weighted by atomic mass is 10.4. The Labute approximate surface area is 128 Å². The van der Waals surface area contributed by atoms with Gasteiger partial charge in [-0.15, -0.1) is 0 Å². The van der Waals surface area contributed by atoms with Crippen molar-refractivity contribution in [3.63, 3.8) is 0 Å². The Morgan fingerprint density at radius 3 is 2.67 bits per heavy atom. The molecule has 0 aliphatic carbocycles. The molecule has 0 bridgehead atoms. The minimum absolute atomic E-state index is 0.174. The highest BCUT2D eigenvalue weighted by Gasteiger charge is 2.09. The molecule has 0 saturated carbocycles. The van der Waals surface area contributed by atoms with Crippen molar-refractivity contribution in [1.82, 2.24) is 25.8 Å². The number of halogens is 1. The van der Waals surface area contributed by atoms with Gasteiger partial charge in [-0.1, -0.05) is 0 Å². The van der Waals surface area contributed by atoms with E-state index in [0.29, 0.717) is 18.2 Å². The minimum atomic E-state index is -0.423. The van der Waals surface area contributed by atoms with Crippen molar-refractivity contribution >= 4 is 33.7 Å². The predicted octanol–water partition coefficient (Wildman–Crippen LogP) is 0.830. The zero-order chi connectivity index (χ0) is 15.1. The van der Waals surface area contributed by atoms with Gasteiger partial charge in [-0.05, 0) is 28.1 Å². The van der Waals surface area contributed by atoms with Gasteiger partial charge in [-0.2, -0.15) is 0 Å². The third-order valence-electron chi connectivity index (χ3n) is 2.41. The molecule has 0 aromatic carbocycles. The van der Waals surface area contributed by atoms with Crippen LogP contribution < -0.4 is 16.2 Å². The van der Waals surface area contributed by atoms with Gasteiger partial charge in [0.15, 0.2) is 0 Å². The molecule has 0 fully saturated rings. The van der Waals surface area contributed by atoms with Crippen LogP contribution >= 0.6 is 15.9 Å². The van der Waals surface area contributed by atoms with Crippen LogP contribution in [0.15, 0.2) is 35.2 Å². The van der Waals surface area contributed by atoms with E-state index >= 15 is 0 Å². The van der Waals surface area contributed by atoms with Crippen molar-refractivity contribution in [3.05, 3.63) is 40.9 Å². The first-order valence-electron chi connectivity index (χ1n) is 6.09. The van der Waals surface area contributed by atoms with Crippen molar-refractivity contribution < 1.29 is 9.59 Å². The maximum absolute atomic E-state index is 11.6. The Morgan fingerprint density at radius 1 is 1.24 bits per heavy atom. The van der Waals surface area contributed by atoms with Gasteiger partial charge >= 0.3 is 0 Å². The average Bonchev–Trinajstić information content (AvgIpc) is 2.92. The number of nitrogens with one attached hydrogen (secondary N) is 4. The molecule has 4 N–H and O–H groups in total. The summed E-state index contributed by atoms with van der Waals surface area (Å²) in [7, 11) is 0. The van der Waals surface area contributed by atoms with Crippen molar-refractivity contribution in [2.45, 2.75) is 6.42 Å². The molecule has 0 aliphatic rings. The van der Waals surface area contributed by atoms with Crippen LogP contribution in [0.3, 0.4) is 0 Å². The van der Waals surface area contributed by atoms with Crippen molar-refractivity contribution in [3.8, 4) is 0 Å². The molecule has 9 heteroatoms. The molecule has 2 amide bonds. The van der Waals surface area contributed by atoms with Crippen LogP contribution in [0, 0.1) is 0 Å². The van der Waals surface area contributed by atoms with E-state index in [2.05, 4.69) is 47.1 Å². The summed E-state index contributed by atoms with van der Waals surface area (Å²) in [6.07, 6.45) is 5.00. The lowest BCUT2D eigenvalue weighted by Crippen LogP contribution is -2.42. The first-order chi connectivity index (χ1) is 10.1. The highest BCUT2D eigenvalue weighted by molar-refractivity contribution is 9.10. The maximum atomic E-state index is 11.6. The molecule has 0 saturated heterocycles. The fraction of sp³-hybridized carbons (Fsp3) is 0.167. The van der Waals surface area contributed by atoms with E-state index in [1.54, 1.807) is 30.7 Å². The van der Waals surface area contributed by atoms with Crippen molar-refractivity contribution in [2.75, 3.05) is 11.9 Å². The fourth-order valence-electron chi connectivity index (χ4n) is 1.43. The maximum Gasteiger partial charge on any atom is 0.286 e. The molecule has 21 heavy (non-hydrogen) atoms. The summed E-state index contributed by atoms with van der Waals surface area (Å²) < 4.78 is 0.756. The summed E-state index contributed by atoms with van der Waals surface area (Å²) >= 11 is 3.22. The van der Waals surface area contributed by atoms with Gasteiger partial charge in [0.1, 0.15) is 5.69 Å². The molecule has 2 aromatic rings. The lowest BCUT2D eigenvalue weighted by molar-refractivity contribution is -0.121. The first kappa shape index (κ1) is 15.0. The SMILES string of the molecule is O=C(CCNc1ncccn1)NNC(=O)c1cc(Br)c[nH]1. The van der Waals surface area contributed by atoms with Crippen LogP contribution in [0.5, 0.6) is 0 Å². The van der Waals surface area contributed by atoms with E-state index in [-0.39, 0.29) is 12.3 Å². The fourth-order valence-corrected chi connectivity index (χ4v) is 1.78. The number of rotatable bonds is 5. The number of H-pyrrole nitrogens is 1. The Morgan fingerprint density at radius 2 is 2.00 bits per heavy atom. The van der Waals surface area contributed by atoms with Gasteiger partial charge in [-0.25, -0.2) is 9.97 Å². The van der Waals surface area contributed by atoms with E-state index < -0.39 is 5.91 Å². The van der Waals surface area contributed by atoms with Crippen LogP contribution in [0.25, 0.3) is 0 Å². The molecule has 0 unspecified atom stereocenters. The largest absolute Gasteiger partial charge is 0.356 e. The summed E-state index contributed by atoms with van der Waals surface area (Å²) in [5.74, 6) is -0.295. The van der Waals surface area contributed by atoms with Crippen molar-refractivity contribution in [1.29, 1.82) is 0 Å². The van der Waals surface area contributed by atoms with Crippen molar-refractivity contribution in [2.24, 2.45) is 0 Å². The van der Waals surface area contributed by atoms with Crippen LogP contribution in [-0.4, -0.2) is 33.3 Å². The second-order valence-electron chi connectivity index (χ2n) is 3.98. The summed E-state index contributed by atoms with van der Waals surface area (Å²) in [6.45, 7) is 0.361. The number of hydrazine groups is 1. The first-order valence-corrected chi connectivity index (χ1v) is 6.88. The zero-order valence-electron chi connectivity index (χ0n) is 10.9. The third kappa shape index (κ3) is 4.88. The number of amides is 2. The Balaban J connectivity index is 1.67. The number of anilines is 1.